The zero-order valence-corrected chi connectivity index (χ0v) is 7.70. The van der Waals surface area contributed by atoms with Gasteiger partial charge < -0.3 is 0 Å². The highest BCUT2D eigenvalue weighted by Gasteiger charge is 1.36. The van der Waals surface area contributed by atoms with Crippen molar-refractivity contribution in [1.29, 1.82) is 0 Å². The molecule has 0 bridgehead atoms. The lowest BCUT2D eigenvalue weighted by Crippen LogP contribution is -1.30. The van der Waals surface area contributed by atoms with Crippen molar-refractivity contribution in [3.8, 4) is 0 Å². The second kappa shape index (κ2) is 98.0. The van der Waals surface area contributed by atoms with Crippen LogP contribution < -0.4 is 0 Å². The summed E-state index contributed by atoms with van der Waals surface area (Å²) in [6, 6.07) is 0. The van der Waals surface area contributed by atoms with Crippen molar-refractivity contribution >= 4 is 0 Å². The maximum atomic E-state index is 3.49. The van der Waals surface area contributed by atoms with Crippen LogP contribution >= 0.6 is 0 Å². The zero-order valence-electron chi connectivity index (χ0n) is 7.70. The fraction of sp³-hybridized carbons (Fsp3) is 0.556. The van der Waals surface area contributed by atoms with Crippen molar-refractivity contribution in [1.82, 2.24) is 0 Å². The molecule has 0 aliphatic heterocycles. The molecular formula is C9H22. The van der Waals surface area contributed by atoms with E-state index in [1.54, 1.807) is 6.92 Å². The molecule has 0 saturated carbocycles. The molecule has 0 heterocycles. The number of rotatable bonds is 0. The third-order valence-corrected chi connectivity index (χ3v) is 0. The predicted molar refractivity (Wildman–Crippen MR) is 48.7 cm³/mol. The van der Waals surface area contributed by atoms with Gasteiger partial charge in [-0.3, -0.25) is 0 Å². The van der Waals surface area contributed by atoms with E-state index in [1.165, 1.54) is 0 Å². The van der Waals surface area contributed by atoms with Crippen LogP contribution in [0, 0.1) is 27.7 Å². The molecule has 4 radical (unpaired) electrons. The SMILES string of the molecule is C[CH]C.[CH2]C.[CH2]CC.[CH3]. The summed E-state index contributed by atoms with van der Waals surface area (Å²) in [6.07, 6.45) is 3.00. The van der Waals surface area contributed by atoms with E-state index in [4.69, 9.17) is 0 Å². The summed E-state index contributed by atoms with van der Waals surface area (Å²) in [5.74, 6) is 0. The molecule has 0 nitrogen and oxygen atoms in total. The monoisotopic (exact) mass is 130 g/mol. The zero-order chi connectivity index (χ0) is 7.41. The van der Waals surface area contributed by atoms with Gasteiger partial charge in [-0.2, -0.15) is 0 Å². The molecule has 0 N–H and O–H groups in total. The Hall–Kier alpha value is 0. The summed E-state index contributed by atoms with van der Waals surface area (Å²) >= 11 is 0. The van der Waals surface area contributed by atoms with E-state index in [0.717, 1.165) is 6.42 Å². The van der Waals surface area contributed by atoms with Crippen molar-refractivity contribution in [3.05, 3.63) is 27.7 Å². The fourth-order valence-corrected chi connectivity index (χ4v) is 0. The third kappa shape index (κ3) is 0. The van der Waals surface area contributed by atoms with Gasteiger partial charge in [0, 0.05) is 0 Å². The van der Waals surface area contributed by atoms with Crippen LogP contribution in [0.15, 0.2) is 0 Å². The van der Waals surface area contributed by atoms with Gasteiger partial charge in [0.15, 0.2) is 0 Å². The molecule has 0 aliphatic rings. The highest BCUT2D eigenvalue weighted by Crippen LogP contribution is 1.54. The average molecular weight is 130 g/mol. The van der Waals surface area contributed by atoms with Crippen LogP contribution in [-0.2, 0) is 0 Å². The minimum absolute atomic E-state index is 0. The van der Waals surface area contributed by atoms with Gasteiger partial charge in [0.1, 0.15) is 0 Å². The lowest BCUT2D eigenvalue weighted by Gasteiger charge is -1.47. The number of hydrogen-bond donors (Lipinski definition) is 0. The second-order valence-electron chi connectivity index (χ2n) is 1.08. The van der Waals surface area contributed by atoms with Crippen LogP contribution in [0.1, 0.15) is 34.1 Å². The van der Waals surface area contributed by atoms with Gasteiger partial charge in [-0.1, -0.05) is 55.4 Å². The lowest BCUT2D eigenvalue weighted by atomic mass is 10.6. The molecule has 0 aromatic heterocycles. The minimum atomic E-state index is 0. The molecule has 0 spiro atoms. The van der Waals surface area contributed by atoms with Gasteiger partial charge in [0.2, 0.25) is 0 Å². The fourth-order valence-electron chi connectivity index (χ4n) is 0. The Labute approximate surface area is 62.7 Å². The maximum Gasteiger partial charge on any atom is -0.0448 e. The Bertz CT molecular complexity index is 2.00. The number of hydrogen-bond acceptors (Lipinski definition) is 0. The normalized spacial score (nSPS) is 4.67. The van der Waals surface area contributed by atoms with Gasteiger partial charge in [0.05, 0.1) is 0 Å². The first-order valence-corrected chi connectivity index (χ1v) is 3.07. The smallest absolute Gasteiger partial charge is 0.0448 e. The Morgan fingerprint density at radius 1 is 1.22 bits per heavy atom. The van der Waals surface area contributed by atoms with E-state index in [-0.39, 0.29) is 7.43 Å². The molecule has 0 aliphatic carbocycles. The van der Waals surface area contributed by atoms with Gasteiger partial charge >= 0.3 is 0 Å². The van der Waals surface area contributed by atoms with Crippen LogP contribution in [0.5, 0.6) is 0 Å². The summed E-state index contributed by atoms with van der Waals surface area (Å²) in [6.45, 7) is 14.5. The lowest BCUT2D eigenvalue weighted by molar-refractivity contribution is 1.23. The first kappa shape index (κ1) is 23.0. The van der Waals surface area contributed by atoms with Crippen molar-refractivity contribution in [2.45, 2.75) is 34.1 Å². The predicted octanol–water partition coefficient (Wildman–Crippen LogP) is 3.75. The summed E-state index contributed by atoms with van der Waals surface area (Å²) in [5, 5.41) is 0. The molecule has 0 unspecified atom stereocenters. The van der Waals surface area contributed by atoms with Gasteiger partial charge in [-0.15, -0.1) is 0 Å². The molecule has 0 aromatic carbocycles. The minimum Gasteiger partial charge on any atom is -0.0683 e. The van der Waals surface area contributed by atoms with E-state index in [9.17, 15) is 0 Å². The van der Waals surface area contributed by atoms with Crippen LogP contribution in [0.25, 0.3) is 0 Å². The second-order valence-corrected chi connectivity index (χ2v) is 1.08. The first-order chi connectivity index (χ1) is 3.83. The molecule has 0 saturated heterocycles. The van der Waals surface area contributed by atoms with Crippen LogP contribution in [0.3, 0.4) is 0 Å². The largest absolute Gasteiger partial charge is 0.0683 e. The molecule has 0 fully saturated rings. The molecule has 58 valence electrons. The molecule has 9 heavy (non-hydrogen) atoms. The van der Waals surface area contributed by atoms with E-state index in [0.29, 0.717) is 0 Å². The molecule has 0 rings (SSSR count). The summed E-state index contributed by atoms with van der Waals surface area (Å²) in [7, 11) is 0. The highest BCUT2D eigenvalue weighted by molar-refractivity contribution is 4.34. The van der Waals surface area contributed by atoms with Crippen LogP contribution in [-0.4, -0.2) is 0 Å². The molecular weight excluding hydrogens is 108 g/mol. The van der Waals surface area contributed by atoms with Crippen molar-refractivity contribution in [2.24, 2.45) is 0 Å². The van der Waals surface area contributed by atoms with Gasteiger partial charge in [-0.25, -0.2) is 0 Å². The van der Waals surface area contributed by atoms with Gasteiger partial charge in [-0.05, 0) is 6.42 Å². The first-order valence-electron chi connectivity index (χ1n) is 3.07. The van der Waals surface area contributed by atoms with Crippen LogP contribution in [0.2, 0.25) is 0 Å². The van der Waals surface area contributed by atoms with Crippen molar-refractivity contribution in [2.75, 3.05) is 0 Å². The highest BCUT2D eigenvalue weighted by atomic mass is 13.4. The quantitative estimate of drug-likeness (QED) is 0.468. The molecule has 0 atom stereocenters. The van der Waals surface area contributed by atoms with Crippen molar-refractivity contribution < 1.29 is 0 Å². The molecule has 0 heteroatoms. The van der Waals surface area contributed by atoms with Crippen molar-refractivity contribution in [3.63, 3.8) is 0 Å². The molecule has 0 amide bonds. The van der Waals surface area contributed by atoms with Gasteiger partial charge in [0.25, 0.3) is 0 Å². The van der Waals surface area contributed by atoms with E-state index in [2.05, 4.69) is 13.8 Å². The topological polar surface area (TPSA) is 0 Å². The van der Waals surface area contributed by atoms with E-state index in [1.807, 2.05) is 27.2 Å². The Morgan fingerprint density at radius 2 is 1.22 bits per heavy atom. The van der Waals surface area contributed by atoms with E-state index < -0.39 is 0 Å². The Balaban J connectivity index is -0.0000000202. The summed E-state index contributed by atoms with van der Waals surface area (Å²) in [5.41, 5.74) is 0. The standard InChI is InChI=1S/2C3H7.C2H5.CH3/c2*1-3-2;1-2;/h3H,1-2H3;1,3H2,2H3;1H2,2H3;1H3. The van der Waals surface area contributed by atoms with Crippen LogP contribution in [0.4, 0.5) is 0 Å². The Morgan fingerprint density at radius 3 is 1.22 bits per heavy atom. The third-order valence-electron chi connectivity index (χ3n) is 0. The Kier molecular flexibility index (Phi) is 251. The summed E-state index contributed by atoms with van der Waals surface area (Å²) in [4.78, 5) is 0. The average Bonchev–Trinajstić information content (AvgIpc) is 1.75. The molecule has 0 aromatic rings. The van der Waals surface area contributed by atoms with E-state index >= 15 is 0 Å². The maximum absolute atomic E-state index is 3.49. The summed E-state index contributed by atoms with van der Waals surface area (Å²) < 4.78 is 0.